The minimum Gasteiger partial charge on any atom is -0.406 e. The molecular weight excluding hydrogens is 293 g/mol. The van der Waals surface area contributed by atoms with Gasteiger partial charge in [0, 0.05) is 12.1 Å². The molecule has 0 heterocycles. The van der Waals surface area contributed by atoms with Crippen LogP contribution in [0.3, 0.4) is 0 Å². The quantitative estimate of drug-likeness (QED) is 0.922. The average molecular weight is 316 g/mol. The fourth-order valence-electron chi connectivity index (χ4n) is 3.32. The third kappa shape index (κ3) is 4.36. The second-order valence-corrected chi connectivity index (χ2v) is 6.06. The van der Waals surface area contributed by atoms with Crippen molar-refractivity contribution in [3.8, 4) is 5.75 Å². The Balaban J connectivity index is 2.13. The van der Waals surface area contributed by atoms with Crippen LogP contribution in [-0.2, 0) is 0 Å². The fourth-order valence-corrected chi connectivity index (χ4v) is 3.32. The van der Waals surface area contributed by atoms with E-state index in [9.17, 15) is 13.2 Å². The molecule has 22 heavy (non-hydrogen) atoms. The summed E-state index contributed by atoms with van der Waals surface area (Å²) in [5, 5.41) is 3.33. The van der Waals surface area contributed by atoms with Gasteiger partial charge < -0.3 is 15.0 Å². The van der Waals surface area contributed by atoms with Crippen LogP contribution in [0.5, 0.6) is 5.75 Å². The molecule has 0 aliphatic heterocycles. The number of likely N-dealkylation sites (N-methyl/N-ethyl adjacent to an activating group) is 2. The first kappa shape index (κ1) is 17.1. The van der Waals surface area contributed by atoms with Gasteiger partial charge in [0.25, 0.3) is 0 Å². The van der Waals surface area contributed by atoms with Crippen molar-refractivity contribution in [3.05, 3.63) is 29.8 Å². The van der Waals surface area contributed by atoms with Crippen LogP contribution < -0.4 is 10.1 Å². The first-order valence-corrected chi connectivity index (χ1v) is 7.49. The topological polar surface area (TPSA) is 24.5 Å². The summed E-state index contributed by atoms with van der Waals surface area (Å²) in [6, 6.07) is 7.17. The smallest absolute Gasteiger partial charge is 0.406 e. The average Bonchev–Trinajstić information content (AvgIpc) is 2.45. The third-order valence-electron chi connectivity index (χ3n) is 4.41. The number of hydrogen-bond acceptors (Lipinski definition) is 3. The Bertz CT molecular complexity index is 491. The van der Waals surface area contributed by atoms with Crippen LogP contribution in [0, 0.1) is 0 Å². The van der Waals surface area contributed by atoms with Crippen molar-refractivity contribution in [1.82, 2.24) is 10.2 Å². The number of nitrogens with zero attached hydrogens (tertiary/aromatic N) is 1. The lowest BCUT2D eigenvalue weighted by molar-refractivity contribution is -0.274. The highest BCUT2D eigenvalue weighted by Gasteiger charge is 2.33. The third-order valence-corrected chi connectivity index (χ3v) is 4.41. The van der Waals surface area contributed by atoms with Gasteiger partial charge in [-0.05, 0) is 64.0 Å². The van der Waals surface area contributed by atoms with Gasteiger partial charge in [-0.3, -0.25) is 0 Å². The van der Waals surface area contributed by atoms with E-state index in [0.717, 1.165) is 24.8 Å². The molecule has 0 radical (unpaired) electrons. The van der Waals surface area contributed by atoms with Gasteiger partial charge in [0.1, 0.15) is 5.75 Å². The van der Waals surface area contributed by atoms with E-state index in [1.807, 2.05) is 27.2 Å². The molecule has 0 amide bonds. The molecule has 0 spiro atoms. The Labute approximate surface area is 129 Å². The van der Waals surface area contributed by atoms with Crippen LogP contribution in [0.4, 0.5) is 13.2 Å². The maximum absolute atomic E-state index is 12.3. The summed E-state index contributed by atoms with van der Waals surface area (Å²) in [6.45, 7) is 0. The molecule has 1 N–H and O–H groups in total. The van der Waals surface area contributed by atoms with E-state index >= 15 is 0 Å². The highest BCUT2D eigenvalue weighted by molar-refractivity contribution is 5.31. The standard InChI is InChI=1S/C16H23F3N2O/c1-20-14-8-7-12(10-15(14)21(2)3)11-5-4-6-13(9-11)22-16(17,18)19/h4-6,9,12,14-15,20H,7-8,10H2,1-3H3/t12-,14-,15-/m0/s1. The summed E-state index contributed by atoms with van der Waals surface area (Å²) in [6.07, 6.45) is -1.75. The minimum atomic E-state index is -4.64. The van der Waals surface area contributed by atoms with E-state index in [-0.39, 0.29) is 11.7 Å². The minimum absolute atomic E-state index is 0.137. The van der Waals surface area contributed by atoms with Crippen LogP contribution >= 0.6 is 0 Å². The van der Waals surface area contributed by atoms with Gasteiger partial charge in [-0.15, -0.1) is 13.2 Å². The van der Waals surface area contributed by atoms with Crippen LogP contribution in [-0.4, -0.2) is 44.5 Å². The first-order valence-electron chi connectivity index (χ1n) is 7.49. The normalized spacial score (nSPS) is 26.2. The number of nitrogens with one attached hydrogen (secondary N) is 1. The monoisotopic (exact) mass is 316 g/mol. The lowest BCUT2D eigenvalue weighted by Gasteiger charge is -2.40. The van der Waals surface area contributed by atoms with Crippen LogP contribution in [0.2, 0.25) is 0 Å². The Morgan fingerprint density at radius 1 is 1.23 bits per heavy atom. The maximum Gasteiger partial charge on any atom is 0.573 e. The molecule has 0 bridgehead atoms. The van der Waals surface area contributed by atoms with Crippen molar-refractivity contribution >= 4 is 0 Å². The predicted molar refractivity (Wildman–Crippen MR) is 80.0 cm³/mol. The van der Waals surface area contributed by atoms with E-state index in [0.29, 0.717) is 12.1 Å². The lowest BCUT2D eigenvalue weighted by Crippen LogP contribution is -2.49. The van der Waals surface area contributed by atoms with Crippen LogP contribution in [0.25, 0.3) is 0 Å². The molecule has 3 atom stereocenters. The zero-order valence-electron chi connectivity index (χ0n) is 13.2. The molecule has 124 valence electrons. The van der Waals surface area contributed by atoms with Crippen molar-refractivity contribution in [3.63, 3.8) is 0 Å². The second-order valence-electron chi connectivity index (χ2n) is 6.06. The van der Waals surface area contributed by atoms with E-state index < -0.39 is 6.36 Å². The number of halogens is 3. The largest absolute Gasteiger partial charge is 0.573 e. The van der Waals surface area contributed by atoms with Crippen molar-refractivity contribution in [2.24, 2.45) is 0 Å². The summed E-state index contributed by atoms with van der Waals surface area (Å²) in [7, 11) is 6.04. The fraction of sp³-hybridized carbons (Fsp3) is 0.625. The number of benzene rings is 1. The summed E-state index contributed by atoms with van der Waals surface area (Å²) in [4.78, 5) is 2.18. The molecule has 1 aliphatic carbocycles. The van der Waals surface area contributed by atoms with E-state index in [2.05, 4.69) is 15.0 Å². The van der Waals surface area contributed by atoms with Crippen molar-refractivity contribution in [2.75, 3.05) is 21.1 Å². The lowest BCUT2D eigenvalue weighted by atomic mass is 9.78. The van der Waals surface area contributed by atoms with Gasteiger partial charge in [0.15, 0.2) is 0 Å². The summed E-state index contributed by atoms with van der Waals surface area (Å²) < 4.78 is 41.1. The van der Waals surface area contributed by atoms with Gasteiger partial charge in [-0.25, -0.2) is 0 Å². The Kier molecular flexibility index (Phi) is 5.34. The molecule has 1 aromatic rings. The van der Waals surface area contributed by atoms with Gasteiger partial charge in [-0.1, -0.05) is 12.1 Å². The Morgan fingerprint density at radius 2 is 1.95 bits per heavy atom. The summed E-state index contributed by atoms with van der Waals surface area (Å²) >= 11 is 0. The van der Waals surface area contributed by atoms with Crippen LogP contribution in [0.15, 0.2) is 24.3 Å². The highest BCUT2D eigenvalue weighted by atomic mass is 19.4. The molecular formula is C16H23F3N2O. The summed E-state index contributed by atoms with van der Waals surface area (Å²) in [5.74, 6) is 0.121. The van der Waals surface area contributed by atoms with E-state index in [1.54, 1.807) is 6.07 Å². The van der Waals surface area contributed by atoms with Gasteiger partial charge >= 0.3 is 6.36 Å². The van der Waals surface area contributed by atoms with Crippen molar-refractivity contribution in [1.29, 1.82) is 0 Å². The SMILES string of the molecule is CN[C@H]1CC[C@H](c2cccc(OC(F)(F)F)c2)C[C@@H]1N(C)C. The Morgan fingerprint density at radius 3 is 2.55 bits per heavy atom. The molecule has 1 saturated carbocycles. The van der Waals surface area contributed by atoms with Gasteiger partial charge in [-0.2, -0.15) is 0 Å². The zero-order valence-corrected chi connectivity index (χ0v) is 13.2. The zero-order chi connectivity index (χ0) is 16.3. The molecule has 0 saturated heterocycles. The number of alkyl halides is 3. The van der Waals surface area contributed by atoms with Crippen molar-refractivity contribution in [2.45, 2.75) is 43.6 Å². The number of ether oxygens (including phenoxy) is 1. The maximum atomic E-state index is 12.3. The highest BCUT2D eigenvalue weighted by Crippen LogP contribution is 2.36. The van der Waals surface area contributed by atoms with Crippen molar-refractivity contribution < 1.29 is 17.9 Å². The number of rotatable bonds is 4. The molecule has 3 nitrogen and oxygen atoms in total. The predicted octanol–water partition coefficient (Wildman–Crippen LogP) is 3.37. The molecule has 0 unspecified atom stereocenters. The van der Waals surface area contributed by atoms with E-state index in [1.165, 1.54) is 12.1 Å². The molecule has 0 aromatic heterocycles. The van der Waals surface area contributed by atoms with Gasteiger partial charge in [0.05, 0.1) is 0 Å². The molecule has 1 aromatic carbocycles. The summed E-state index contributed by atoms with van der Waals surface area (Å²) in [5.41, 5.74) is 0.920. The molecule has 1 aliphatic rings. The van der Waals surface area contributed by atoms with Crippen LogP contribution in [0.1, 0.15) is 30.7 Å². The van der Waals surface area contributed by atoms with Gasteiger partial charge in [0.2, 0.25) is 0 Å². The molecule has 6 heteroatoms. The Hall–Kier alpha value is -1.27. The molecule has 2 rings (SSSR count). The molecule has 1 fully saturated rings. The number of hydrogen-bond donors (Lipinski definition) is 1. The first-order chi connectivity index (χ1) is 10.3. The second kappa shape index (κ2) is 6.87. The van der Waals surface area contributed by atoms with E-state index in [4.69, 9.17) is 0 Å².